The van der Waals surface area contributed by atoms with Crippen molar-refractivity contribution in [1.29, 1.82) is 0 Å². The van der Waals surface area contributed by atoms with Gasteiger partial charge in [0.2, 0.25) is 0 Å². The Morgan fingerprint density at radius 2 is 1.89 bits per heavy atom. The highest BCUT2D eigenvalue weighted by Crippen LogP contribution is 2.23. The number of hydrogen-bond donors (Lipinski definition) is 1. The number of halogens is 1. The largest absolute Gasteiger partial charge is 0.491 e. The minimum Gasteiger partial charge on any atom is -0.491 e. The van der Waals surface area contributed by atoms with E-state index in [2.05, 4.69) is 33.4 Å². The molecule has 0 amide bonds. The number of hydrogen-bond acceptors (Lipinski definition) is 4. The van der Waals surface area contributed by atoms with Crippen molar-refractivity contribution in [3.05, 3.63) is 45.1 Å². The van der Waals surface area contributed by atoms with Gasteiger partial charge >= 0.3 is 0 Å². The second kappa shape index (κ2) is 7.53. The van der Waals surface area contributed by atoms with Crippen molar-refractivity contribution in [2.75, 3.05) is 25.6 Å². The number of ether oxygens (including phenoxy) is 2. The molecule has 102 valence electrons. The molecule has 1 N–H and O–H groups in total. The van der Waals surface area contributed by atoms with Crippen LogP contribution in [0.4, 0.5) is 5.69 Å². The van der Waals surface area contributed by atoms with Crippen molar-refractivity contribution in [3.8, 4) is 5.75 Å². The third kappa shape index (κ3) is 4.86. The fourth-order valence-corrected chi connectivity index (χ4v) is 2.97. The van der Waals surface area contributed by atoms with Crippen molar-refractivity contribution in [2.24, 2.45) is 0 Å². The molecule has 0 aliphatic rings. The van der Waals surface area contributed by atoms with Gasteiger partial charge in [-0.2, -0.15) is 0 Å². The first-order chi connectivity index (χ1) is 9.28. The molecule has 0 saturated carbocycles. The monoisotopic (exact) mass is 341 g/mol. The summed E-state index contributed by atoms with van der Waals surface area (Å²) >= 11 is 5.20. The van der Waals surface area contributed by atoms with Gasteiger partial charge in [0.05, 0.1) is 10.4 Å². The Labute approximate surface area is 125 Å². The summed E-state index contributed by atoms with van der Waals surface area (Å²) in [6.45, 7) is 2.01. The lowest BCUT2D eigenvalue weighted by Gasteiger charge is -2.08. The zero-order chi connectivity index (χ0) is 13.5. The summed E-state index contributed by atoms with van der Waals surface area (Å²) in [7, 11) is 1.67. The Balaban J connectivity index is 1.81. The van der Waals surface area contributed by atoms with Crippen LogP contribution in [0, 0.1) is 0 Å². The first-order valence-corrected chi connectivity index (χ1v) is 7.59. The highest BCUT2D eigenvalue weighted by Gasteiger charge is 1.99. The van der Waals surface area contributed by atoms with E-state index in [4.69, 9.17) is 9.47 Å². The predicted octanol–water partition coefficient (Wildman–Crippen LogP) is 4.15. The molecule has 1 aromatic heterocycles. The summed E-state index contributed by atoms with van der Waals surface area (Å²) < 4.78 is 11.6. The van der Waals surface area contributed by atoms with Gasteiger partial charge in [-0.25, -0.2) is 0 Å². The van der Waals surface area contributed by atoms with Crippen LogP contribution in [0.15, 0.2) is 40.2 Å². The number of rotatable bonds is 7. The number of nitrogens with one attached hydrogen (secondary N) is 1. The van der Waals surface area contributed by atoms with Crippen LogP contribution in [0.1, 0.15) is 4.88 Å². The van der Waals surface area contributed by atoms with E-state index in [0.717, 1.165) is 21.8 Å². The Bertz CT molecular complexity index is 498. The second-order valence-corrected chi connectivity index (χ2v) is 6.47. The Hall–Kier alpha value is -1.04. The standard InChI is InChI=1S/C14H16BrNO2S/c1-17-8-9-18-12-4-2-11(3-5-12)16-10-13-6-7-14(15)19-13/h2-7,16H,8-10H2,1H3. The molecule has 2 aromatic rings. The molecule has 1 heterocycles. The molecule has 0 aliphatic heterocycles. The van der Waals surface area contributed by atoms with Crippen molar-refractivity contribution in [1.82, 2.24) is 0 Å². The molecule has 0 radical (unpaired) electrons. The van der Waals surface area contributed by atoms with Gasteiger partial charge in [-0.1, -0.05) is 0 Å². The molecule has 0 unspecified atom stereocenters. The Morgan fingerprint density at radius 1 is 1.11 bits per heavy atom. The van der Waals surface area contributed by atoms with E-state index in [1.54, 1.807) is 18.4 Å². The van der Waals surface area contributed by atoms with Gasteiger partial charge < -0.3 is 14.8 Å². The van der Waals surface area contributed by atoms with Crippen LogP contribution in [-0.4, -0.2) is 20.3 Å². The molecule has 0 atom stereocenters. The highest BCUT2D eigenvalue weighted by atomic mass is 79.9. The van der Waals surface area contributed by atoms with E-state index < -0.39 is 0 Å². The third-order valence-corrected chi connectivity index (χ3v) is 4.13. The summed E-state index contributed by atoms with van der Waals surface area (Å²) in [5, 5.41) is 3.38. The van der Waals surface area contributed by atoms with E-state index in [-0.39, 0.29) is 0 Å². The minimum atomic E-state index is 0.576. The smallest absolute Gasteiger partial charge is 0.119 e. The van der Waals surface area contributed by atoms with Gasteiger partial charge in [-0.05, 0) is 52.3 Å². The van der Waals surface area contributed by atoms with Gasteiger partial charge in [0.1, 0.15) is 12.4 Å². The zero-order valence-electron chi connectivity index (χ0n) is 10.7. The fourth-order valence-electron chi connectivity index (χ4n) is 1.55. The van der Waals surface area contributed by atoms with E-state index in [0.29, 0.717) is 13.2 Å². The van der Waals surface area contributed by atoms with Crippen molar-refractivity contribution >= 4 is 33.0 Å². The van der Waals surface area contributed by atoms with E-state index in [9.17, 15) is 0 Å². The fraction of sp³-hybridized carbons (Fsp3) is 0.286. The van der Waals surface area contributed by atoms with Crippen LogP contribution >= 0.6 is 27.3 Å². The zero-order valence-corrected chi connectivity index (χ0v) is 13.1. The SMILES string of the molecule is COCCOc1ccc(NCc2ccc(Br)s2)cc1. The van der Waals surface area contributed by atoms with Crippen LogP contribution in [0.2, 0.25) is 0 Å². The molecule has 2 rings (SSSR count). The number of thiophene rings is 1. The maximum atomic E-state index is 5.51. The third-order valence-electron chi connectivity index (χ3n) is 2.51. The molecule has 0 bridgehead atoms. The van der Waals surface area contributed by atoms with Crippen LogP contribution in [0.25, 0.3) is 0 Å². The van der Waals surface area contributed by atoms with Crippen LogP contribution in [0.3, 0.4) is 0 Å². The first kappa shape index (κ1) is 14.4. The molecule has 0 saturated heterocycles. The molecular weight excluding hydrogens is 326 g/mol. The summed E-state index contributed by atoms with van der Waals surface area (Å²) in [5.41, 5.74) is 1.09. The lowest BCUT2D eigenvalue weighted by Crippen LogP contribution is -2.04. The average molecular weight is 342 g/mol. The van der Waals surface area contributed by atoms with Crippen molar-refractivity contribution < 1.29 is 9.47 Å². The van der Waals surface area contributed by atoms with E-state index >= 15 is 0 Å². The highest BCUT2D eigenvalue weighted by molar-refractivity contribution is 9.11. The summed E-state index contributed by atoms with van der Waals surface area (Å²) in [5.74, 6) is 0.862. The molecule has 0 spiro atoms. The van der Waals surface area contributed by atoms with Gasteiger partial charge in [0.25, 0.3) is 0 Å². The van der Waals surface area contributed by atoms with Gasteiger partial charge in [-0.15, -0.1) is 11.3 Å². The Morgan fingerprint density at radius 3 is 2.53 bits per heavy atom. The molecule has 0 aliphatic carbocycles. The summed E-state index contributed by atoms with van der Waals surface area (Å²) in [6, 6.07) is 12.1. The average Bonchev–Trinajstić information content (AvgIpc) is 2.84. The maximum absolute atomic E-state index is 5.51. The summed E-state index contributed by atoms with van der Waals surface area (Å²) in [6.07, 6.45) is 0. The topological polar surface area (TPSA) is 30.5 Å². The van der Waals surface area contributed by atoms with Gasteiger partial charge in [-0.3, -0.25) is 0 Å². The first-order valence-electron chi connectivity index (χ1n) is 5.98. The van der Waals surface area contributed by atoms with Crippen LogP contribution in [-0.2, 0) is 11.3 Å². The quantitative estimate of drug-likeness (QED) is 0.767. The van der Waals surface area contributed by atoms with Gasteiger partial charge in [0.15, 0.2) is 0 Å². The number of methoxy groups -OCH3 is 1. The van der Waals surface area contributed by atoms with Crippen molar-refractivity contribution in [3.63, 3.8) is 0 Å². The van der Waals surface area contributed by atoms with Gasteiger partial charge in [0, 0.05) is 24.2 Å². The number of anilines is 1. The molecule has 1 aromatic carbocycles. The predicted molar refractivity (Wildman–Crippen MR) is 83.2 cm³/mol. The van der Waals surface area contributed by atoms with Crippen LogP contribution < -0.4 is 10.1 Å². The normalized spacial score (nSPS) is 10.4. The van der Waals surface area contributed by atoms with Crippen molar-refractivity contribution in [2.45, 2.75) is 6.54 Å². The van der Waals surface area contributed by atoms with E-state index in [1.165, 1.54) is 4.88 Å². The minimum absolute atomic E-state index is 0.576. The molecular formula is C14H16BrNO2S. The molecule has 19 heavy (non-hydrogen) atoms. The lowest BCUT2D eigenvalue weighted by molar-refractivity contribution is 0.146. The molecule has 0 fully saturated rings. The Kier molecular flexibility index (Phi) is 5.69. The second-order valence-electron chi connectivity index (χ2n) is 3.93. The lowest BCUT2D eigenvalue weighted by atomic mass is 10.3. The summed E-state index contributed by atoms with van der Waals surface area (Å²) in [4.78, 5) is 1.30. The number of benzene rings is 1. The maximum Gasteiger partial charge on any atom is 0.119 e. The van der Waals surface area contributed by atoms with Crippen LogP contribution in [0.5, 0.6) is 5.75 Å². The molecule has 5 heteroatoms. The van der Waals surface area contributed by atoms with E-state index in [1.807, 2.05) is 24.3 Å². The molecule has 3 nitrogen and oxygen atoms in total.